The lowest BCUT2D eigenvalue weighted by Gasteiger charge is -2.20. The minimum absolute atomic E-state index is 0.544. The van der Waals surface area contributed by atoms with Crippen LogP contribution >= 0.6 is 0 Å². The topological polar surface area (TPSA) is 74.9 Å². The Kier molecular flexibility index (Phi) is 5.04. The number of hydrogen-bond donors (Lipinski definition) is 1. The smallest absolute Gasteiger partial charge is 0.276 e. The van der Waals surface area contributed by atoms with Gasteiger partial charge in [-0.2, -0.15) is 4.79 Å². The summed E-state index contributed by atoms with van der Waals surface area (Å²) in [5.41, 5.74) is 15.9. The zero-order valence-electron chi connectivity index (χ0n) is 10.3. The molecule has 0 aliphatic carbocycles. The molecule has 0 aromatic heterocycles. The van der Waals surface area contributed by atoms with Crippen molar-refractivity contribution in [2.24, 2.45) is 0 Å². The van der Waals surface area contributed by atoms with Crippen LogP contribution in [-0.4, -0.2) is 30.7 Å². The molecule has 0 saturated heterocycles. The fraction of sp³-hybridized carbons (Fsp3) is 0.417. The van der Waals surface area contributed by atoms with E-state index in [-0.39, 0.29) is 0 Å². The molecule has 0 aliphatic heterocycles. The van der Waals surface area contributed by atoms with Crippen molar-refractivity contribution in [2.45, 2.75) is 13.8 Å². The second kappa shape index (κ2) is 6.55. The van der Waals surface area contributed by atoms with Gasteiger partial charge in [0.1, 0.15) is 12.3 Å². The Morgan fingerprint density at radius 1 is 1.47 bits per heavy atom. The van der Waals surface area contributed by atoms with Crippen molar-refractivity contribution in [2.75, 3.05) is 30.3 Å². The molecule has 1 rings (SSSR count). The molecule has 0 amide bonds. The van der Waals surface area contributed by atoms with E-state index in [2.05, 4.69) is 4.79 Å². The lowest BCUT2D eigenvalue weighted by molar-refractivity contribution is 0.00210. The minimum atomic E-state index is 0.544. The Morgan fingerprint density at radius 3 is 2.82 bits per heavy atom. The molecule has 0 fully saturated rings. The summed E-state index contributed by atoms with van der Waals surface area (Å²) in [5, 5.41) is 0. The van der Waals surface area contributed by atoms with Crippen molar-refractivity contribution >= 4 is 17.6 Å². The maximum Gasteiger partial charge on any atom is 0.276 e. The molecule has 2 N–H and O–H groups in total. The third kappa shape index (κ3) is 3.50. The predicted octanol–water partition coefficient (Wildman–Crippen LogP) is 1.79. The van der Waals surface area contributed by atoms with E-state index in [9.17, 15) is 0 Å². The molecule has 0 unspecified atom stereocenters. The number of nitrogens with two attached hydrogens (primary N) is 1. The summed E-state index contributed by atoms with van der Waals surface area (Å²) in [6.07, 6.45) is 1.44. The van der Waals surface area contributed by atoms with Crippen LogP contribution in [0.25, 0.3) is 5.53 Å². The van der Waals surface area contributed by atoms with Crippen LogP contribution in [0.5, 0.6) is 5.75 Å². The highest BCUT2D eigenvalue weighted by molar-refractivity contribution is 5.66. The van der Waals surface area contributed by atoms with E-state index in [0.29, 0.717) is 24.6 Å². The molecule has 5 nitrogen and oxygen atoms in total. The number of benzene rings is 1. The minimum Gasteiger partial charge on any atom is -0.492 e. The molecule has 0 saturated carbocycles. The summed E-state index contributed by atoms with van der Waals surface area (Å²) in [6, 6.07) is 5.64. The predicted molar refractivity (Wildman–Crippen MR) is 69.6 cm³/mol. The Balaban J connectivity index is 2.95. The molecule has 1 aromatic rings. The highest BCUT2D eigenvalue weighted by Crippen LogP contribution is 2.27. The number of hydrogen-bond acceptors (Lipinski definition) is 3. The molecule has 0 spiro atoms. The molecule has 0 radical (unpaired) electrons. The molecular formula is C12H18N4O. The van der Waals surface area contributed by atoms with Crippen molar-refractivity contribution < 1.29 is 9.53 Å². The number of nitrogens with zero attached hydrogens (tertiary/aromatic N) is 3. The largest absolute Gasteiger partial charge is 0.492 e. The van der Waals surface area contributed by atoms with Gasteiger partial charge in [-0.1, -0.05) is 0 Å². The zero-order chi connectivity index (χ0) is 12.7. The van der Waals surface area contributed by atoms with Crippen LogP contribution < -0.4 is 15.4 Å². The number of rotatable bonds is 6. The van der Waals surface area contributed by atoms with Crippen LogP contribution in [0, 0.1) is 0 Å². The second-order valence-corrected chi connectivity index (χ2v) is 3.49. The van der Waals surface area contributed by atoms with Gasteiger partial charge < -0.3 is 20.9 Å². The monoisotopic (exact) mass is 234 g/mol. The highest BCUT2D eigenvalue weighted by Gasteiger charge is 2.08. The molecule has 0 heterocycles. The van der Waals surface area contributed by atoms with Gasteiger partial charge in [0.05, 0.1) is 12.3 Å². The van der Waals surface area contributed by atoms with Crippen molar-refractivity contribution in [3.05, 3.63) is 23.7 Å². The van der Waals surface area contributed by atoms with Gasteiger partial charge in [0, 0.05) is 18.3 Å². The van der Waals surface area contributed by atoms with Gasteiger partial charge in [0.15, 0.2) is 0 Å². The van der Waals surface area contributed by atoms with Crippen LogP contribution in [0.1, 0.15) is 13.8 Å². The fourth-order valence-electron chi connectivity index (χ4n) is 1.55. The van der Waals surface area contributed by atoms with E-state index in [0.717, 1.165) is 12.2 Å². The van der Waals surface area contributed by atoms with Gasteiger partial charge in [0.2, 0.25) is 0 Å². The van der Waals surface area contributed by atoms with E-state index in [4.69, 9.17) is 16.0 Å². The molecule has 1 aromatic carbocycles. The molecule has 17 heavy (non-hydrogen) atoms. The van der Waals surface area contributed by atoms with E-state index >= 15 is 0 Å². The first-order chi connectivity index (χ1) is 8.22. The normalized spacial score (nSPS) is 9.53. The third-order valence-electron chi connectivity index (χ3n) is 2.43. The van der Waals surface area contributed by atoms with E-state index in [1.165, 1.54) is 6.21 Å². The van der Waals surface area contributed by atoms with E-state index in [1.54, 1.807) is 0 Å². The van der Waals surface area contributed by atoms with Crippen molar-refractivity contribution in [1.82, 2.24) is 0 Å². The first-order valence-electron chi connectivity index (χ1n) is 5.66. The summed E-state index contributed by atoms with van der Waals surface area (Å²) in [4.78, 5) is 5.05. The Hall–Kier alpha value is -2.00. The molecular weight excluding hydrogens is 216 g/mol. The number of ether oxygens (including phenoxy) is 1. The summed E-state index contributed by atoms with van der Waals surface area (Å²) in [6.45, 7) is 5.88. The molecule has 5 heteroatoms. The maximum atomic E-state index is 8.44. The van der Waals surface area contributed by atoms with Crippen LogP contribution in [-0.2, 0) is 0 Å². The lowest BCUT2D eigenvalue weighted by Crippen LogP contribution is -2.25. The second-order valence-electron chi connectivity index (χ2n) is 3.49. The summed E-state index contributed by atoms with van der Waals surface area (Å²) in [7, 11) is 0. The first-order valence-corrected chi connectivity index (χ1v) is 5.66. The van der Waals surface area contributed by atoms with Crippen LogP contribution in [0.3, 0.4) is 0 Å². The summed E-state index contributed by atoms with van der Waals surface area (Å²) < 4.78 is 5.44. The van der Waals surface area contributed by atoms with E-state index < -0.39 is 0 Å². The van der Waals surface area contributed by atoms with Gasteiger partial charge in [-0.15, -0.1) is 0 Å². The number of anilines is 2. The standard InChI is InChI=1S/C12H18N4O/c1-3-16(8-7-15-14)10-5-6-11(13)12(9-10)17-4-2/h5-7,9H,3-4,8,13H2,1-2H3. The molecule has 0 aliphatic rings. The van der Waals surface area contributed by atoms with Gasteiger partial charge in [-0.25, -0.2) is 0 Å². The van der Waals surface area contributed by atoms with Crippen molar-refractivity contribution in [1.29, 1.82) is 0 Å². The fourth-order valence-corrected chi connectivity index (χ4v) is 1.55. The summed E-state index contributed by atoms with van der Waals surface area (Å²) >= 11 is 0. The van der Waals surface area contributed by atoms with Gasteiger partial charge >= 0.3 is 0 Å². The Labute approximate surface area is 101 Å². The third-order valence-corrected chi connectivity index (χ3v) is 2.43. The Bertz CT molecular complexity index is 413. The summed E-state index contributed by atoms with van der Waals surface area (Å²) in [5.74, 6) is 0.685. The van der Waals surface area contributed by atoms with Crippen molar-refractivity contribution in [3.8, 4) is 5.75 Å². The highest BCUT2D eigenvalue weighted by atomic mass is 16.5. The lowest BCUT2D eigenvalue weighted by atomic mass is 10.2. The van der Waals surface area contributed by atoms with Crippen LogP contribution in [0.2, 0.25) is 0 Å². The van der Waals surface area contributed by atoms with Crippen LogP contribution in [0.4, 0.5) is 11.4 Å². The van der Waals surface area contributed by atoms with Crippen LogP contribution in [0.15, 0.2) is 18.2 Å². The molecule has 92 valence electrons. The van der Waals surface area contributed by atoms with Gasteiger partial charge in [0.25, 0.3) is 6.21 Å². The van der Waals surface area contributed by atoms with E-state index in [1.807, 2.05) is 36.9 Å². The van der Waals surface area contributed by atoms with Gasteiger partial charge in [-0.3, -0.25) is 0 Å². The van der Waals surface area contributed by atoms with Gasteiger partial charge in [-0.05, 0) is 26.0 Å². The quantitative estimate of drug-likeness (QED) is 0.353. The first kappa shape index (κ1) is 13.1. The SMILES string of the molecule is CCOc1cc(N(CC)CC=[N+]=[N-])ccc1N. The average molecular weight is 234 g/mol. The van der Waals surface area contributed by atoms with Crippen molar-refractivity contribution in [3.63, 3.8) is 0 Å². The number of nitrogen functional groups attached to an aromatic ring is 1. The zero-order valence-corrected chi connectivity index (χ0v) is 10.3. The maximum absolute atomic E-state index is 8.44. The average Bonchev–Trinajstić information content (AvgIpc) is 2.34. The molecule has 0 atom stereocenters. The Morgan fingerprint density at radius 2 is 2.24 bits per heavy atom. The molecule has 0 bridgehead atoms.